The van der Waals surface area contributed by atoms with E-state index >= 15 is 0 Å². The Bertz CT molecular complexity index is 670. The lowest BCUT2D eigenvalue weighted by molar-refractivity contribution is 0.0778. The zero-order valence-electron chi connectivity index (χ0n) is 10.7. The van der Waals surface area contributed by atoms with Gasteiger partial charge in [0.25, 0.3) is 5.91 Å². The summed E-state index contributed by atoms with van der Waals surface area (Å²) in [5.74, 6) is -0.139. The third-order valence-corrected chi connectivity index (χ3v) is 3.46. The molecule has 2 heterocycles. The standard InChI is InChI=1S/C15H12ClN3O/c16-13-6-2-1-5-12(13)14-7-9-19(18-14)15(20)11-4-3-8-17-10-11/h1-6,8,10H,7,9H2. The van der Waals surface area contributed by atoms with Gasteiger partial charge in [0.1, 0.15) is 0 Å². The number of rotatable bonds is 2. The number of hydrogen-bond donors (Lipinski definition) is 0. The molecule has 0 N–H and O–H groups in total. The van der Waals surface area contributed by atoms with Gasteiger partial charge >= 0.3 is 0 Å². The van der Waals surface area contributed by atoms with Crippen LogP contribution in [0.3, 0.4) is 0 Å². The molecular formula is C15H12ClN3O. The van der Waals surface area contributed by atoms with Gasteiger partial charge in [0.15, 0.2) is 0 Å². The molecule has 0 unspecified atom stereocenters. The number of carbonyl (C=O) groups is 1. The maximum Gasteiger partial charge on any atom is 0.275 e. The molecule has 0 saturated heterocycles. The number of benzene rings is 1. The van der Waals surface area contributed by atoms with Gasteiger partial charge in [-0.3, -0.25) is 9.78 Å². The minimum Gasteiger partial charge on any atom is -0.267 e. The molecule has 0 radical (unpaired) electrons. The summed E-state index contributed by atoms with van der Waals surface area (Å²) in [6.07, 6.45) is 3.89. The molecule has 20 heavy (non-hydrogen) atoms. The highest BCUT2D eigenvalue weighted by Gasteiger charge is 2.23. The molecule has 1 aliphatic heterocycles. The zero-order valence-corrected chi connectivity index (χ0v) is 11.4. The molecule has 1 amide bonds. The molecule has 1 aromatic heterocycles. The van der Waals surface area contributed by atoms with Crippen molar-refractivity contribution in [3.05, 3.63) is 64.9 Å². The predicted octanol–water partition coefficient (Wildman–Crippen LogP) is 2.99. The number of pyridine rings is 1. The Morgan fingerprint density at radius 3 is 2.80 bits per heavy atom. The normalized spacial score (nSPS) is 14.2. The molecule has 5 heteroatoms. The molecule has 4 nitrogen and oxygen atoms in total. The van der Waals surface area contributed by atoms with E-state index < -0.39 is 0 Å². The fraction of sp³-hybridized carbons (Fsp3) is 0.133. The smallest absolute Gasteiger partial charge is 0.267 e. The molecule has 3 rings (SSSR count). The van der Waals surface area contributed by atoms with Gasteiger partial charge in [0, 0.05) is 29.4 Å². The minimum atomic E-state index is -0.139. The number of hydrogen-bond acceptors (Lipinski definition) is 3. The first-order valence-electron chi connectivity index (χ1n) is 6.30. The van der Waals surface area contributed by atoms with E-state index in [1.165, 1.54) is 5.01 Å². The van der Waals surface area contributed by atoms with E-state index in [-0.39, 0.29) is 5.91 Å². The van der Waals surface area contributed by atoms with Crippen molar-refractivity contribution in [2.45, 2.75) is 6.42 Å². The average molecular weight is 286 g/mol. The Morgan fingerprint density at radius 2 is 2.05 bits per heavy atom. The van der Waals surface area contributed by atoms with Gasteiger partial charge in [-0.2, -0.15) is 5.10 Å². The molecule has 2 aromatic rings. The van der Waals surface area contributed by atoms with Crippen LogP contribution in [-0.2, 0) is 0 Å². The number of halogens is 1. The van der Waals surface area contributed by atoms with Crippen molar-refractivity contribution in [1.82, 2.24) is 9.99 Å². The first kappa shape index (κ1) is 12.8. The SMILES string of the molecule is O=C(c1cccnc1)N1CCC(c2ccccc2Cl)=N1. The van der Waals surface area contributed by atoms with Gasteiger partial charge in [0.2, 0.25) is 0 Å². The van der Waals surface area contributed by atoms with Crippen molar-refractivity contribution >= 4 is 23.2 Å². The molecule has 0 bridgehead atoms. The molecule has 0 fully saturated rings. The van der Waals surface area contributed by atoms with Crippen molar-refractivity contribution in [1.29, 1.82) is 0 Å². The summed E-state index contributed by atoms with van der Waals surface area (Å²) in [6.45, 7) is 0.564. The molecule has 100 valence electrons. The van der Waals surface area contributed by atoms with Crippen molar-refractivity contribution in [2.24, 2.45) is 5.10 Å². The van der Waals surface area contributed by atoms with Crippen LogP contribution in [-0.4, -0.2) is 28.2 Å². The van der Waals surface area contributed by atoms with Gasteiger partial charge in [0.05, 0.1) is 17.8 Å². The molecule has 1 aromatic carbocycles. The van der Waals surface area contributed by atoms with Crippen LogP contribution >= 0.6 is 11.6 Å². The van der Waals surface area contributed by atoms with Gasteiger partial charge in [-0.05, 0) is 18.2 Å². The highest BCUT2D eigenvalue weighted by molar-refractivity contribution is 6.34. The van der Waals surface area contributed by atoms with Crippen molar-refractivity contribution in [3.8, 4) is 0 Å². The second-order valence-corrected chi connectivity index (χ2v) is 4.85. The van der Waals surface area contributed by atoms with E-state index in [0.29, 0.717) is 23.6 Å². The van der Waals surface area contributed by atoms with Crippen LogP contribution in [0, 0.1) is 0 Å². The average Bonchev–Trinajstić information content (AvgIpc) is 2.97. The highest BCUT2D eigenvalue weighted by Crippen LogP contribution is 2.22. The van der Waals surface area contributed by atoms with Crippen molar-refractivity contribution in [3.63, 3.8) is 0 Å². The molecule has 0 saturated carbocycles. The Hall–Kier alpha value is -2.20. The number of hydrazone groups is 1. The van der Waals surface area contributed by atoms with Crippen molar-refractivity contribution in [2.75, 3.05) is 6.54 Å². The van der Waals surface area contributed by atoms with Crippen LogP contribution in [0.4, 0.5) is 0 Å². The molecule has 0 atom stereocenters. The van der Waals surface area contributed by atoms with Gasteiger partial charge in [-0.15, -0.1) is 0 Å². The minimum absolute atomic E-state index is 0.139. The lowest BCUT2D eigenvalue weighted by Crippen LogP contribution is -2.23. The van der Waals surface area contributed by atoms with Gasteiger partial charge in [-0.1, -0.05) is 29.8 Å². The van der Waals surface area contributed by atoms with E-state index in [9.17, 15) is 4.79 Å². The van der Waals surface area contributed by atoms with Crippen LogP contribution in [0.2, 0.25) is 5.02 Å². The lowest BCUT2D eigenvalue weighted by atomic mass is 10.1. The highest BCUT2D eigenvalue weighted by atomic mass is 35.5. The zero-order chi connectivity index (χ0) is 13.9. The molecule has 1 aliphatic rings. The third-order valence-electron chi connectivity index (χ3n) is 3.13. The largest absolute Gasteiger partial charge is 0.275 e. The second-order valence-electron chi connectivity index (χ2n) is 4.45. The Labute approximate surface area is 121 Å². The predicted molar refractivity (Wildman–Crippen MR) is 77.9 cm³/mol. The lowest BCUT2D eigenvalue weighted by Gasteiger charge is -2.10. The van der Waals surface area contributed by atoms with Crippen LogP contribution in [0.5, 0.6) is 0 Å². The molecule has 0 aliphatic carbocycles. The number of nitrogens with zero attached hydrogens (tertiary/aromatic N) is 3. The maximum atomic E-state index is 12.3. The number of amides is 1. The van der Waals surface area contributed by atoms with E-state index in [2.05, 4.69) is 10.1 Å². The van der Waals surface area contributed by atoms with Gasteiger partial charge < -0.3 is 0 Å². The van der Waals surface area contributed by atoms with E-state index in [4.69, 9.17) is 11.6 Å². The first-order chi connectivity index (χ1) is 9.75. The van der Waals surface area contributed by atoms with Crippen molar-refractivity contribution < 1.29 is 4.79 Å². The third kappa shape index (κ3) is 2.42. The summed E-state index contributed by atoms with van der Waals surface area (Å²) in [7, 11) is 0. The fourth-order valence-electron chi connectivity index (χ4n) is 2.13. The fourth-order valence-corrected chi connectivity index (χ4v) is 2.37. The summed E-state index contributed by atoms with van der Waals surface area (Å²) >= 11 is 6.15. The maximum absolute atomic E-state index is 12.3. The summed E-state index contributed by atoms with van der Waals surface area (Å²) < 4.78 is 0. The van der Waals surface area contributed by atoms with Crippen LogP contribution in [0.15, 0.2) is 53.9 Å². The quantitative estimate of drug-likeness (QED) is 0.851. The second kappa shape index (κ2) is 5.43. The van der Waals surface area contributed by atoms with Crippen LogP contribution in [0.25, 0.3) is 0 Å². The monoisotopic (exact) mass is 285 g/mol. The molecule has 0 spiro atoms. The Balaban J connectivity index is 1.85. The van der Waals surface area contributed by atoms with E-state index in [1.54, 1.807) is 24.5 Å². The number of carbonyl (C=O) groups excluding carboxylic acids is 1. The van der Waals surface area contributed by atoms with Crippen LogP contribution in [0.1, 0.15) is 22.3 Å². The summed E-state index contributed by atoms with van der Waals surface area (Å²) in [6, 6.07) is 11.0. The van der Waals surface area contributed by atoms with E-state index in [0.717, 1.165) is 11.3 Å². The molecular weight excluding hydrogens is 274 g/mol. The topological polar surface area (TPSA) is 45.6 Å². The Morgan fingerprint density at radius 1 is 1.20 bits per heavy atom. The van der Waals surface area contributed by atoms with E-state index in [1.807, 2.05) is 24.3 Å². The summed E-state index contributed by atoms with van der Waals surface area (Å²) in [4.78, 5) is 16.2. The number of aromatic nitrogens is 1. The van der Waals surface area contributed by atoms with Crippen LogP contribution < -0.4 is 0 Å². The Kier molecular flexibility index (Phi) is 3.48. The summed E-state index contributed by atoms with van der Waals surface area (Å²) in [5.41, 5.74) is 2.26. The first-order valence-corrected chi connectivity index (χ1v) is 6.68. The summed E-state index contributed by atoms with van der Waals surface area (Å²) in [5, 5.41) is 6.51. The van der Waals surface area contributed by atoms with Gasteiger partial charge in [-0.25, -0.2) is 5.01 Å².